The second kappa shape index (κ2) is 8.45. The minimum Gasteiger partial charge on any atom is -0.295 e. The minimum atomic E-state index is -4.73. The van der Waals surface area contributed by atoms with Crippen molar-refractivity contribution in [1.82, 2.24) is 15.0 Å². The van der Waals surface area contributed by atoms with Gasteiger partial charge in [-0.25, -0.2) is 4.98 Å². The molecule has 0 saturated carbocycles. The van der Waals surface area contributed by atoms with Gasteiger partial charge in [-0.2, -0.15) is 13.2 Å². The number of amides is 1. The molecular weight excluding hydrogens is 423 g/mol. The predicted molar refractivity (Wildman–Crippen MR) is 105 cm³/mol. The summed E-state index contributed by atoms with van der Waals surface area (Å²) in [7, 11) is 0. The van der Waals surface area contributed by atoms with Crippen LogP contribution >= 0.6 is 11.8 Å². The SMILES string of the molecule is CSc1nccn1-c1cccc(C(=O)NNc2ccc(C(F)(F)F)cc2[N+](=O)[O-])c1. The number of nitrogens with one attached hydrogen (secondary N) is 2. The van der Waals surface area contributed by atoms with Gasteiger partial charge in [0, 0.05) is 29.7 Å². The fraction of sp³-hybridized carbons (Fsp3) is 0.111. The van der Waals surface area contributed by atoms with Gasteiger partial charge in [0.2, 0.25) is 0 Å². The van der Waals surface area contributed by atoms with Gasteiger partial charge in [0.15, 0.2) is 5.16 Å². The van der Waals surface area contributed by atoms with Crippen molar-refractivity contribution in [2.75, 3.05) is 11.7 Å². The lowest BCUT2D eigenvalue weighted by Crippen LogP contribution is -2.29. The normalized spacial score (nSPS) is 11.2. The van der Waals surface area contributed by atoms with Gasteiger partial charge in [0.1, 0.15) is 5.69 Å². The first-order chi connectivity index (χ1) is 14.2. The number of alkyl halides is 3. The lowest BCUT2D eigenvalue weighted by atomic mass is 10.1. The van der Waals surface area contributed by atoms with Crippen molar-refractivity contribution in [2.24, 2.45) is 0 Å². The van der Waals surface area contributed by atoms with Crippen LogP contribution in [0, 0.1) is 10.1 Å². The van der Waals surface area contributed by atoms with Crippen molar-refractivity contribution in [3.8, 4) is 5.69 Å². The smallest absolute Gasteiger partial charge is 0.295 e. The van der Waals surface area contributed by atoms with Gasteiger partial charge in [-0.3, -0.25) is 30.3 Å². The number of nitro benzene ring substituents is 1. The molecule has 0 saturated heterocycles. The summed E-state index contributed by atoms with van der Waals surface area (Å²) < 4.78 is 40.1. The summed E-state index contributed by atoms with van der Waals surface area (Å²) in [6.07, 6.45) is 0.475. The van der Waals surface area contributed by atoms with Gasteiger partial charge in [-0.15, -0.1) is 0 Å². The molecule has 3 aromatic rings. The summed E-state index contributed by atoms with van der Waals surface area (Å²) in [6, 6.07) is 8.50. The van der Waals surface area contributed by atoms with Crippen LogP contribution in [-0.4, -0.2) is 26.6 Å². The lowest BCUT2D eigenvalue weighted by Gasteiger charge is -2.12. The Balaban J connectivity index is 1.79. The molecule has 1 heterocycles. The molecule has 8 nitrogen and oxygen atoms in total. The second-order valence-corrected chi connectivity index (χ2v) is 6.67. The number of thioether (sulfide) groups is 1. The van der Waals surface area contributed by atoms with Crippen molar-refractivity contribution < 1.29 is 22.9 Å². The zero-order chi connectivity index (χ0) is 21.9. The van der Waals surface area contributed by atoms with Gasteiger partial charge < -0.3 is 0 Å². The Bertz CT molecular complexity index is 1100. The molecule has 0 unspecified atom stereocenters. The highest BCUT2D eigenvalue weighted by molar-refractivity contribution is 7.98. The monoisotopic (exact) mass is 437 g/mol. The Morgan fingerprint density at radius 2 is 2.00 bits per heavy atom. The summed E-state index contributed by atoms with van der Waals surface area (Å²) in [5, 5.41) is 11.8. The highest BCUT2D eigenvalue weighted by atomic mass is 32.2. The average Bonchev–Trinajstić information content (AvgIpc) is 3.20. The number of hydrazine groups is 1. The largest absolute Gasteiger partial charge is 0.416 e. The molecule has 0 spiro atoms. The summed E-state index contributed by atoms with van der Waals surface area (Å²) >= 11 is 1.42. The van der Waals surface area contributed by atoms with Crippen LogP contribution in [0.4, 0.5) is 24.5 Å². The lowest BCUT2D eigenvalue weighted by molar-refractivity contribution is -0.384. The van der Waals surface area contributed by atoms with Crippen molar-refractivity contribution in [3.63, 3.8) is 0 Å². The third kappa shape index (κ3) is 4.54. The number of aromatic nitrogens is 2. The van der Waals surface area contributed by atoms with Crippen LogP contribution in [0.2, 0.25) is 0 Å². The van der Waals surface area contributed by atoms with E-state index in [2.05, 4.69) is 15.8 Å². The Kier molecular flexibility index (Phi) is 5.96. The number of benzene rings is 2. The highest BCUT2D eigenvalue weighted by Gasteiger charge is 2.33. The number of halogens is 3. The molecule has 0 atom stereocenters. The molecule has 1 aromatic heterocycles. The maximum atomic E-state index is 12.8. The molecule has 2 aromatic carbocycles. The molecule has 12 heteroatoms. The fourth-order valence-electron chi connectivity index (χ4n) is 2.60. The van der Waals surface area contributed by atoms with Crippen molar-refractivity contribution in [2.45, 2.75) is 11.3 Å². The number of hydrogen-bond acceptors (Lipinski definition) is 6. The molecule has 0 aliphatic carbocycles. The number of imidazole rings is 1. The van der Waals surface area contributed by atoms with Crippen LogP contribution in [0.1, 0.15) is 15.9 Å². The van der Waals surface area contributed by atoms with Crippen molar-refractivity contribution >= 4 is 29.0 Å². The molecular formula is C18H14F3N5O3S. The number of carbonyl (C=O) groups excluding carboxylic acids is 1. The van der Waals surface area contributed by atoms with E-state index in [9.17, 15) is 28.1 Å². The zero-order valence-corrected chi connectivity index (χ0v) is 16.1. The molecule has 0 radical (unpaired) electrons. The summed E-state index contributed by atoms with van der Waals surface area (Å²) in [5.41, 5.74) is 3.22. The number of rotatable bonds is 6. The Morgan fingerprint density at radius 1 is 1.23 bits per heavy atom. The average molecular weight is 437 g/mol. The van der Waals surface area contributed by atoms with E-state index in [0.717, 1.165) is 6.07 Å². The zero-order valence-electron chi connectivity index (χ0n) is 15.3. The molecule has 3 rings (SSSR count). The van der Waals surface area contributed by atoms with Gasteiger partial charge in [-0.05, 0) is 36.6 Å². The van der Waals surface area contributed by atoms with Crippen LogP contribution in [0.25, 0.3) is 5.69 Å². The van der Waals surface area contributed by atoms with Gasteiger partial charge in [0.25, 0.3) is 11.6 Å². The first kappa shape index (κ1) is 21.2. The molecule has 156 valence electrons. The fourth-order valence-corrected chi connectivity index (χ4v) is 3.12. The van der Waals surface area contributed by atoms with E-state index in [1.165, 1.54) is 17.8 Å². The van der Waals surface area contributed by atoms with E-state index < -0.39 is 28.3 Å². The Morgan fingerprint density at radius 3 is 2.67 bits per heavy atom. The van der Waals surface area contributed by atoms with Crippen molar-refractivity contribution in [1.29, 1.82) is 0 Å². The predicted octanol–water partition coefficient (Wildman–Crippen LogP) is 4.28. The summed E-state index contributed by atoms with van der Waals surface area (Å²) in [6.45, 7) is 0. The maximum absolute atomic E-state index is 12.8. The number of hydrogen-bond donors (Lipinski definition) is 2. The third-order valence-corrected chi connectivity index (χ3v) is 4.68. The van der Waals surface area contributed by atoms with Crippen LogP contribution in [0.15, 0.2) is 60.0 Å². The quantitative estimate of drug-likeness (QED) is 0.339. The Labute approximate surface area is 172 Å². The number of anilines is 1. The number of nitrogens with zero attached hydrogens (tertiary/aromatic N) is 3. The second-order valence-electron chi connectivity index (χ2n) is 5.90. The number of nitro groups is 1. The van der Waals surface area contributed by atoms with Gasteiger partial charge >= 0.3 is 6.18 Å². The molecule has 30 heavy (non-hydrogen) atoms. The van der Waals surface area contributed by atoms with E-state index in [1.807, 2.05) is 6.26 Å². The topological polar surface area (TPSA) is 102 Å². The first-order valence-corrected chi connectivity index (χ1v) is 9.53. The van der Waals surface area contributed by atoms with E-state index in [1.54, 1.807) is 35.2 Å². The van der Waals surface area contributed by atoms with Gasteiger partial charge in [-0.1, -0.05) is 17.8 Å². The Hall–Kier alpha value is -3.54. The van der Waals surface area contributed by atoms with Crippen LogP contribution in [-0.2, 0) is 6.18 Å². The maximum Gasteiger partial charge on any atom is 0.416 e. The van der Waals surface area contributed by atoms with E-state index in [4.69, 9.17) is 0 Å². The summed E-state index contributed by atoms with van der Waals surface area (Å²) in [4.78, 5) is 26.8. The standard InChI is InChI=1S/C18H14F3N5O3S/c1-30-17-22-7-8-25(17)13-4-2-3-11(9-13)16(27)24-23-14-6-5-12(18(19,20)21)10-15(14)26(28)29/h2-10,23H,1H3,(H,24,27). The summed E-state index contributed by atoms with van der Waals surface area (Å²) in [5.74, 6) is -0.628. The minimum absolute atomic E-state index is 0.232. The van der Waals surface area contributed by atoms with Crippen molar-refractivity contribution in [3.05, 3.63) is 76.1 Å². The third-order valence-electron chi connectivity index (χ3n) is 4.01. The van der Waals surface area contributed by atoms with Crippen LogP contribution < -0.4 is 10.9 Å². The van der Waals surface area contributed by atoms with Crippen LogP contribution in [0.5, 0.6) is 0 Å². The molecule has 1 amide bonds. The molecule has 0 aliphatic rings. The van der Waals surface area contributed by atoms with Crippen LogP contribution in [0.3, 0.4) is 0 Å². The molecule has 2 N–H and O–H groups in total. The van der Waals surface area contributed by atoms with E-state index in [0.29, 0.717) is 23.0 Å². The molecule has 0 aliphatic heterocycles. The molecule has 0 bridgehead atoms. The molecule has 0 fully saturated rings. The number of carbonyl (C=O) groups is 1. The van der Waals surface area contributed by atoms with Gasteiger partial charge in [0.05, 0.1) is 10.5 Å². The first-order valence-electron chi connectivity index (χ1n) is 8.30. The van der Waals surface area contributed by atoms with E-state index >= 15 is 0 Å². The highest BCUT2D eigenvalue weighted by Crippen LogP contribution is 2.34. The van der Waals surface area contributed by atoms with E-state index in [-0.39, 0.29) is 11.3 Å².